The molecule has 3 aromatic rings. The summed E-state index contributed by atoms with van der Waals surface area (Å²) in [5, 5.41) is 73.9. The smallest absolute Gasteiger partial charge is 0.326 e. The molecular formula is C53H73N9O16. The third-order valence-corrected chi connectivity index (χ3v) is 14.1. The van der Waals surface area contributed by atoms with Gasteiger partial charge < -0.3 is 57.2 Å². The van der Waals surface area contributed by atoms with E-state index in [0.717, 1.165) is 27.1 Å². The normalized spacial score (nSPS) is 18.5. The number of hydrogen-bond donors (Lipinski definition) is 11. The lowest BCUT2D eigenvalue weighted by atomic mass is 9.85. The van der Waals surface area contributed by atoms with Crippen molar-refractivity contribution >= 4 is 81.1 Å². The highest BCUT2D eigenvalue weighted by molar-refractivity contribution is 6.03. The van der Waals surface area contributed by atoms with Crippen LogP contribution in [-0.4, -0.2) is 219 Å². The van der Waals surface area contributed by atoms with Crippen molar-refractivity contribution in [2.45, 2.75) is 94.8 Å². The Kier molecular flexibility index (Phi) is 24.4. The number of unbranched alkanes of at least 4 members (excludes halogenated alkanes) is 1. The minimum atomic E-state index is -1.44. The first-order valence-electron chi connectivity index (χ1n) is 26.3. The van der Waals surface area contributed by atoms with Crippen LogP contribution in [0.1, 0.15) is 69.8 Å². The van der Waals surface area contributed by atoms with Gasteiger partial charge in [-0.15, -0.1) is 0 Å². The fourth-order valence-electron chi connectivity index (χ4n) is 9.93. The first-order chi connectivity index (χ1) is 37.2. The monoisotopic (exact) mass is 1090 g/mol. The second kappa shape index (κ2) is 31.1. The molecule has 25 nitrogen and oxygen atoms in total. The molecule has 0 unspecified atom stereocenters. The highest BCUT2D eigenvalue weighted by atomic mass is 16.4. The molecule has 2 fully saturated rings. The molecule has 426 valence electrons. The summed E-state index contributed by atoms with van der Waals surface area (Å²) in [4.78, 5) is 131. The van der Waals surface area contributed by atoms with Gasteiger partial charge in [0, 0.05) is 83.7 Å². The fraction of sp³-hybridized carbons (Fsp3) is 0.547. The third-order valence-electron chi connectivity index (χ3n) is 14.1. The van der Waals surface area contributed by atoms with Crippen molar-refractivity contribution in [3.63, 3.8) is 0 Å². The topological polar surface area (TPSA) is 365 Å². The molecule has 3 aromatic carbocycles. The summed E-state index contributed by atoms with van der Waals surface area (Å²) in [5.41, 5.74) is 0.847. The summed E-state index contributed by atoms with van der Waals surface area (Å²) in [6, 6.07) is 12.3. The number of urea groups is 1. The summed E-state index contributed by atoms with van der Waals surface area (Å²) in [5.74, 6) is -8.71. The molecule has 78 heavy (non-hydrogen) atoms. The summed E-state index contributed by atoms with van der Waals surface area (Å²) in [7, 11) is 0. The minimum absolute atomic E-state index is 0.0292. The van der Waals surface area contributed by atoms with Crippen LogP contribution in [0.2, 0.25) is 0 Å². The van der Waals surface area contributed by atoms with Crippen LogP contribution < -0.4 is 26.6 Å². The van der Waals surface area contributed by atoms with Crippen LogP contribution in [0, 0.1) is 5.92 Å². The molecule has 1 aliphatic heterocycles. The van der Waals surface area contributed by atoms with Crippen LogP contribution in [0.25, 0.3) is 21.5 Å². The molecule has 1 saturated carbocycles. The first kappa shape index (κ1) is 61.4. The number of carboxylic acids is 6. The maximum Gasteiger partial charge on any atom is 0.326 e. The van der Waals surface area contributed by atoms with Gasteiger partial charge in [-0.3, -0.25) is 53.2 Å². The van der Waals surface area contributed by atoms with Crippen molar-refractivity contribution in [1.29, 1.82) is 0 Å². The number of amides is 5. The lowest BCUT2D eigenvalue weighted by Gasteiger charge is -2.33. The van der Waals surface area contributed by atoms with Gasteiger partial charge in [0.1, 0.15) is 18.1 Å². The number of carbonyl (C=O) groups excluding carboxylic acids is 4. The Balaban J connectivity index is 1.20. The minimum Gasteiger partial charge on any atom is -0.481 e. The molecule has 25 heteroatoms. The Bertz CT molecular complexity index is 2510. The molecule has 3 atom stereocenters. The molecule has 1 aliphatic carbocycles. The molecular weight excluding hydrogens is 1020 g/mol. The van der Waals surface area contributed by atoms with Crippen molar-refractivity contribution in [3.05, 3.63) is 60.2 Å². The Morgan fingerprint density at radius 3 is 1.41 bits per heavy atom. The van der Waals surface area contributed by atoms with E-state index in [1.807, 2.05) is 53.4 Å². The van der Waals surface area contributed by atoms with E-state index in [9.17, 15) is 73.5 Å². The summed E-state index contributed by atoms with van der Waals surface area (Å²) in [6.07, 6.45) is 1.74. The SMILES string of the molecule is O=C(O)CCC[C@H](NC(=O)N[C@@H](CCCCNC(=O)[C@H](Cc1c2ccccc2cc2ccccc12)NC(=O)[C@H]1CC[C@H](NC(=O)CN2CCN(CC(=O)O)CCN(CC(=O)O)CCN(CC(=O)O)CC2)CC1)C(=O)O)C(=O)O. The molecule has 0 bridgehead atoms. The molecule has 2 aliphatic rings. The van der Waals surface area contributed by atoms with Crippen LogP contribution in [0.5, 0.6) is 0 Å². The molecule has 1 heterocycles. The number of fused-ring (bicyclic) bond motifs is 2. The van der Waals surface area contributed by atoms with Gasteiger partial charge in [-0.25, -0.2) is 14.4 Å². The Labute approximate surface area is 450 Å². The molecule has 0 radical (unpaired) electrons. The van der Waals surface area contributed by atoms with Gasteiger partial charge in [0.2, 0.25) is 17.7 Å². The zero-order valence-electron chi connectivity index (χ0n) is 43.6. The summed E-state index contributed by atoms with van der Waals surface area (Å²) >= 11 is 0. The second-order valence-corrected chi connectivity index (χ2v) is 19.9. The maximum absolute atomic E-state index is 14.2. The second-order valence-electron chi connectivity index (χ2n) is 19.9. The van der Waals surface area contributed by atoms with E-state index in [1.54, 1.807) is 14.7 Å². The van der Waals surface area contributed by atoms with Crippen LogP contribution in [0.3, 0.4) is 0 Å². The van der Waals surface area contributed by atoms with E-state index in [2.05, 4.69) is 32.7 Å². The standard InChI is InChI=1S/C53H73N9O16/c63-44(30-59-20-22-60(31-46(66)67)24-26-62(33-48(70)71)27-25-61(23-21-59)32-47(68)69)55-37-17-15-34(16-18-37)49(72)56-43(29-40-38-10-3-1-8-35(38)28-36-9-2-4-11-39(36)40)50(73)54-19-6-5-12-41(51(74)75)57-53(78)58-42(52(76)77)13-7-14-45(64)65/h1-4,8-11,28,34,37,41-43H,5-7,12-27,29-33H2,(H,54,73)(H,55,63)(H,56,72)(H,64,65)(H,66,67)(H,68,69)(H,70,71)(H,74,75)(H,76,77)(H2,57,58,78)/t34-,37-,41-,42-,43-/m0/s1. The lowest BCUT2D eigenvalue weighted by Crippen LogP contribution is -2.51. The van der Waals surface area contributed by atoms with E-state index in [-0.39, 0.29) is 148 Å². The molecule has 11 N–H and O–H groups in total. The van der Waals surface area contributed by atoms with Crippen LogP contribution in [0.4, 0.5) is 4.79 Å². The van der Waals surface area contributed by atoms with Crippen LogP contribution >= 0.6 is 0 Å². The predicted molar refractivity (Wildman–Crippen MR) is 283 cm³/mol. The number of aliphatic carboxylic acids is 6. The first-order valence-corrected chi connectivity index (χ1v) is 26.3. The van der Waals surface area contributed by atoms with Crippen LogP contribution in [-0.2, 0) is 49.6 Å². The number of carbonyl (C=O) groups is 10. The van der Waals surface area contributed by atoms with Gasteiger partial charge >= 0.3 is 41.8 Å². The predicted octanol–water partition coefficient (Wildman–Crippen LogP) is 0.918. The number of carboxylic acid groups (broad SMARTS) is 6. The van der Waals surface area contributed by atoms with Crippen molar-refractivity contribution in [1.82, 2.24) is 46.2 Å². The maximum atomic E-state index is 14.2. The van der Waals surface area contributed by atoms with Crippen molar-refractivity contribution in [2.75, 3.05) is 85.1 Å². The van der Waals surface area contributed by atoms with E-state index < -0.39 is 71.8 Å². The Morgan fingerprint density at radius 1 is 0.513 bits per heavy atom. The van der Waals surface area contributed by atoms with Crippen molar-refractivity contribution in [3.8, 4) is 0 Å². The molecule has 5 amide bonds. The molecule has 5 rings (SSSR count). The van der Waals surface area contributed by atoms with E-state index in [1.165, 1.54) is 0 Å². The van der Waals surface area contributed by atoms with Crippen molar-refractivity contribution in [2.24, 2.45) is 5.92 Å². The number of benzene rings is 3. The highest BCUT2D eigenvalue weighted by Gasteiger charge is 2.32. The van der Waals surface area contributed by atoms with Gasteiger partial charge in [-0.1, -0.05) is 48.5 Å². The Morgan fingerprint density at radius 2 is 0.962 bits per heavy atom. The zero-order chi connectivity index (χ0) is 56.7. The summed E-state index contributed by atoms with van der Waals surface area (Å²) in [6.45, 7) is 1.16. The number of nitrogens with one attached hydrogen (secondary N) is 5. The molecule has 0 spiro atoms. The van der Waals surface area contributed by atoms with Gasteiger partial charge in [0.15, 0.2) is 0 Å². The average molecular weight is 1090 g/mol. The summed E-state index contributed by atoms with van der Waals surface area (Å²) < 4.78 is 0. The number of nitrogens with zero attached hydrogens (tertiary/aromatic N) is 4. The van der Waals surface area contributed by atoms with Crippen molar-refractivity contribution < 1.29 is 78.6 Å². The van der Waals surface area contributed by atoms with Gasteiger partial charge in [-0.05, 0) is 91.0 Å². The Hall–Kier alpha value is -7.48. The average Bonchev–Trinajstić information content (AvgIpc) is 3.43. The van der Waals surface area contributed by atoms with Crippen LogP contribution in [0.15, 0.2) is 54.6 Å². The van der Waals surface area contributed by atoms with Gasteiger partial charge in [0.25, 0.3) is 0 Å². The number of hydrogen-bond acceptors (Lipinski definition) is 14. The molecule has 1 saturated heterocycles. The third kappa shape index (κ3) is 20.8. The molecule has 0 aromatic heterocycles. The van der Waals surface area contributed by atoms with Gasteiger partial charge in [-0.2, -0.15) is 0 Å². The van der Waals surface area contributed by atoms with E-state index in [0.29, 0.717) is 25.7 Å². The fourth-order valence-corrected chi connectivity index (χ4v) is 9.93. The van der Waals surface area contributed by atoms with E-state index in [4.69, 9.17) is 5.11 Å². The number of rotatable bonds is 27. The van der Waals surface area contributed by atoms with E-state index >= 15 is 0 Å². The highest BCUT2D eigenvalue weighted by Crippen LogP contribution is 2.30. The quantitative estimate of drug-likeness (QED) is 0.0373. The lowest BCUT2D eigenvalue weighted by molar-refractivity contribution is -0.141. The zero-order valence-corrected chi connectivity index (χ0v) is 43.6. The van der Waals surface area contributed by atoms with Gasteiger partial charge in [0.05, 0.1) is 26.2 Å². The largest absolute Gasteiger partial charge is 0.481 e.